The lowest BCUT2D eigenvalue weighted by atomic mass is 10.0. The zero-order chi connectivity index (χ0) is 13.7. The number of nitro groups is 1. The number of rotatable bonds is 6. The van der Waals surface area contributed by atoms with E-state index in [-0.39, 0.29) is 17.3 Å². The molecule has 0 amide bonds. The van der Waals surface area contributed by atoms with E-state index in [4.69, 9.17) is 0 Å². The average Bonchev–Trinajstić information content (AvgIpc) is 2.29. The molecule has 1 atom stereocenters. The van der Waals surface area contributed by atoms with Crippen molar-refractivity contribution < 1.29 is 13.7 Å². The van der Waals surface area contributed by atoms with Gasteiger partial charge < -0.3 is 5.32 Å². The third kappa shape index (κ3) is 3.73. The van der Waals surface area contributed by atoms with Gasteiger partial charge in [-0.3, -0.25) is 10.1 Å². The number of halogens is 2. The summed E-state index contributed by atoms with van der Waals surface area (Å²) in [7, 11) is 0. The third-order valence-electron chi connectivity index (χ3n) is 2.65. The highest BCUT2D eigenvalue weighted by molar-refractivity contribution is 5.41. The molecule has 0 radical (unpaired) electrons. The van der Waals surface area contributed by atoms with Crippen LogP contribution in [0.25, 0.3) is 0 Å². The lowest BCUT2D eigenvalue weighted by Gasteiger charge is -2.15. The van der Waals surface area contributed by atoms with Gasteiger partial charge in [-0.15, -0.1) is 0 Å². The van der Waals surface area contributed by atoms with Crippen molar-refractivity contribution in [1.29, 1.82) is 0 Å². The topological polar surface area (TPSA) is 55.2 Å². The van der Waals surface area contributed by atoms with Crippen molar-refractivity contribution in [3.63, 3.8) is 0 Å². The number of likely N-dealkylation sites (N-methyl/N-ethyl adjacent to an activating group) is 1. The minimum atomic E-state index is -2.70. The summed E-state index contributed by atoms with van der Waals surface area (Å²) in [5.74, 6) is 0. The van der Waals surface area contributed by atoms with E-state index in [2.05, 4.69) is 5.32 Å². The fraction of sp³-hybridized carbons (Fsp3) is 0.500. The Bertz CT molecular complexity index is 425. The van der Waals surface area contributed by atoms with E-state index in [1.54, 1.807) is 0 Å². The zero-order valence-electron chi connectivity index (χ0n) is 10.3. The molecule has 1 rings (SSSR count). The highest BCUT2D eigenvalue weighted by atomic mass is 19.3. The van der Waals surface area contributed by atoms with Crippen molar-refractivity contribution >= 4 is 5.69 Å². The molecule has 0 bridgehead atoms. The van der Waals surface area contributed by atoms with Gasteiger partial charge in [-0.25, -0.2) is 8.78 Å². The van der Waals surface area contributed by atoms with Gasteiger partial charge in [0.2, 0.25) is 0 Å². The van der Waals surface area contributed by atoms with Gasteiger partial charge in [0, 0.05) is 23.7 Å². The summed E-state index contributed by atoms with van der Waals surface area (Å²) in [6, 6.07) is 3.68. The van der Waals surface area contributed by atoms with E-state index in [0.29, 0.717) is 12.0 Å². The molecule has 0 aromatic heterocycles. The molecule has 0 fully saturated rings. The standard InChI is InChI=1S/C12H16F2N2O2/c1-3-15-8(2)6-9-4-5-10(16(17)18)7-11(9)12(13)14/h4-5,7-8,12,15H,3,6H2,1-2H3. The molecule has 1 aromatic carbocycles. The van der Waals surface area contributed by atoms with Gasteiger partial charge in [-0.05, 0) is 25.5 Å². The van der Waals surface area contributed by atoms with Crippen LogP contribution in [0, 0.1) is 10.1 Å². The molecule has 0 saturated carbocycles. The van der Waals surface area contributed by atoms with Gasteiger partial charge in [0.05, 0.1) is 4.92 Å². The molecule has 1 aromatic rings. The Morgan fingerprint density at radius 1 is 1.44 bits per heavy atom. The lowest BCUT2D eigenvalue weighted by Crippen LogP contribution is -2.28. The Hall–Kier alpha value is -1.56. The largest absolute Gasteiger partial charge is 0.314 e. The molecule has 4 nitrogen and oxygen atoms in total. The van der Waals surface area contributed by atoms with Gasteiger partial charge in [0.1, 0.15) is 0 Å². The first-order valence-electron chi connectivity index (χ1n) is 5.74. The van der Waals surface area contributed by atoms with Crippen molar-refractivity contribution in [3.8, 4) is 0 Å². The van der Waals surface area contributed by atoms with Gasteiger partial charge in [-0.2, -0.15) is 0 Å². The van der Waals surface area contributed by atoms with Crippen LogP contribution >= 0.6 is 0 Å². The molecule has 0 aliphatic rings. The molecular formula is C12H16F2N2O2. The van der Waals surface area contributed by atoms with E-state index < -0.39 is 11.3 Å². The van der Waals surface area contributed by atoms with E-state index in [1.165, 1.54) is 12.1 Å². The normalized spacial score (nSPS) is 12.7. The first-order chi connectivity index (χ1) is 8.45. The predicted molar refractivity (Wildman–Crippen MR) is 64.9 cm³/mol. The number of nitrogens with one attached hydrogen (secondary N) is 1. The number of nitro benzene ring substituents is 1. The molecular weight excluding hydrogens is 242 g/mol. The Kier molecular flexibility index (Phi) is 5.15. The van der Waals surface area contributed by atoms with Crippen LogP contribution in [0.2, 0.25) is 0 Å². The Morgan fingerprint density at radius 2 is 2.11 bits per heavy atom. The van der Waals surface area contributed by atoms with Crippen LogP contribution in [0.15, 0.2) is 18.2 Å². The van der Waals surface area contributed by atoms with Gasteiger partial charge >= 0.3 is 0 Å². The van der Waals surface area contributed by atoms with Crippen LogP contribution in [0.3, 0.4) is 0 Å². The van der Waals surface area contributed by atoms with Gasteiger partial charge in [0.15, 0.2) is 0 Å². The number of hydrogen-bond donors (Lipinski definition) is 1. The first kappa shape index (κ1) is 14.5. The minimum absolute atomic E-state index is 0.0500. The van der Waals surface area contributed by atoms with Crippen LogP contribution in [0.1, 0.15) is 31.4 Å². The predicted octanol–water partition coefficient (Wildman–Crippen LogP) is 3.07. The maximum absolute atomic E-state index is 12.9. The summed E-state index contributed by atoms with van der Waals surface area (Å²) in [6.45, 7) is 4.57. The molecule has 100 valence electrons. The molecule has 0 saturated heterocycles. The molecule has 1 unspecified atom stereocenters. The zero-order valence-corrected chi connectivity index (χ0v) is 10.3. The van der Waals surface area contributed by atoms with E-state index in [0.717, 1.165) is 12.6 Å². The third-order valence-corrected chi connectivity index (χ3v) is 2.65. The highest BCUT2D eigenvalue weighted by Crippen LogP contribution is 2.27. The summed E-state index contributed by atoms with van der Waals surface area (Å²) in [6.07, 6.45) is -2.28. The van der Waals surface area contributed by atoms with E-state index in [1.807, 2.05) is 13.8 Å². The summed E-state index contributed by atoms with van der Waals surface area (Å²) < 4.78 is 25.7. The Balaban J connectivity index is 3.00. The summed E-state index contributed by atoms with van der Waals surface area (Å²) in [5, 5.41) is 13.7. The average molecular weight is 258 g/mol. The van der Waals surface area contributed by atoms with Crippen LogP contribution in [-0.4, -0.2) is 17.5 Å². The Morgan fingerprint density at radius 3 is 2.61 bits per heavy atom. The van der Waals surface area contributed by atoms with Crippen molar-refractivity contribution in [2.75, 3.05) is 6.54 Å². The van der Waals surface area contributed by atoms with Crippen LogP contribution in [-0.2, 0) is 6.42 Å². The smallest absolute Gasteiger partial charge is 0.269 e. The number of nitrogens with zero attached hydrogens (tertiary/aromatic N) is 1. The summed E-state index contributed by atoms with van der Waals surface area (Å²) in [4.78, 5) is 9.90. The minimum Gasteiger partial charge on any atom is -0.314 e. The SMILES string of the molecule is CCNC(C)Cc1ccc([N+](=O)[O-])cc1C(F)F. The van der Waals surface area contributed by atoms with Gasteiger partial charge in [-0.1, -0.05) is 13.0 Å². The Labute approximate surface area is 104 Å². The van der Waals surface area contributed by atoms with Gasteiger partial charge in [0.25, 0.3) is 12.1 Å². The van der Waals surface area contributed by atoms with Crippen LogP contribution in [0.4, 0.5) is 14.5 Å². The maximum Gasteiger partial charge on any atom is 0.269 e. The van der Waals surface area contributed by atoms with Crippen molar-refractivity contribution in [3.05, 3.63) is 39.4 Å². The molecule has 0 aliphatic carbocycles. The summed E-state index contributed by atoms with van der Waals surface area (Å²) >= 11 is 0. The quantitative estimate of drug-likeness (QED) is 0.630. The van der Waals surface area contributed by atoms with Crippen molar-refractivity contribution in [2.45, 2.75) is 32.7 Å². The maximum atomic E-state index is 12.9. The molecule has 1 N–H and O–H groups in total. The second-order valence-corrected chi connectivity index (χ2v) is 4.10. The summed E-state index contributed by atoms with van der Waals surface area (Å²) in [5.41, 5.74) is -0.108. The molecule has 18 heavy (non-hydrogen) atoms. The van der Waals surface area contributed by atoms with E-state index in [9.17, 15) is 18.9 Å². The number of alkyl halides is 2. The molecule has 0 heterocycles. The fourth-order valence-electron chi connectivity index (χ4n) is 1.84. The molecule has 0 spiro atoms. The van der Waals surface area contributed by atoms with Crippen molar-refractivity contribution in [2.24, 2.45) is 0 Å². The molecule has 0 aliphatic heterocycles. The second-order valence-electron chi connectivity index (χ2n) is 4.10. The second kappa shape index (κ2) is 6.39. The number of hydrogen-bond acceptors (Lipinski definition) is 3. The molecule has 6 heteroatoms. The fourth-order valence-corrected chi connectivity index (χ4v) is 1.84. The van der Waals surface area contributed by atoms with E-state index >= 15 is 0 Å². The van der Waals surface area contributed by atoms with Crippen molar-refractivity contribution in [1.82, 2.24) is 5.32 Å². The van der Waals surface area contributed by atoms with Crippen LogP contribution in [0.5, 0.6) is 0 Å². The lowest BCUT2D eigenvalue weighted by molar-refractivity contribution is -0.385. The highest BCUT2D eigenvalue weighted by Gasteiger charge is 2.18. The van der Waals surface area contributed by atoms with Crippen LogP contribution < -0.4 is 5.32 Å². The monoisotopic (exact) mass is 258 g/mol. The number of benzene rings is 1. The first-order valence-corrected chi connectivity index (χ1v) is 5.74. The number of non-ortho nitro benzene ring substituents is 1.